The van der Waals surface area contributed by atoms with Crippen molar-refractivity contribution in [2.24, 2.45) is 5.92 Å². The van der Waals surface area contributed by atoms with Gasteiger partial charge in [-0.25, -0.2) is 0 Å². The molecular formula is C25H28N4O. The van der Waals surface area contributed by atoms with Crippen molar-refractivity contribution in [3.05, 3.63) is 84.4 Å². The molecule has 2 aromatic heterocycles. The Labute approximate surface area is 178 Å². The molecular weight excluding hydrogens is 372 g/mol. The van der Waals surface area contributed by atoms with E-state index < -0.39 is 0 Å². The summed E-state index contributed by atoms with van der Waals surface area (Å²) in [7, 11) is 0. The lowest BCUT2D eigenvalue weighted by atomic mass is 9.96. The van der Waals surface area contributed by atoms with Gasteiger partial charge in [0.05, 0.1) is 5.92 Å². The van der Waals surface area contributed by atoms with Crippen LogP contribution in [0, 0.1) is 5.92 Å². The number of benzene rings is 1. The summed E-state index contributed by atoms with van der Waals surface area (Å²) >= 11 is 0. The van der Waals surface area contributed by atoms with Crippen LogP contribution in [-0.2, 0) is 17.8 Å². The molecule has 0 unspecified atom stereocenters. The van der Waals surface area contributed by atoms with E-state index in [4.69, 9.17) is 0 Å². The zero-order valence-electron chi connectivity index (χ0n) is 17.4. The molecule has 3 heterocycles. The molecule has 5 heteroatoms. The maximum absolute atomic E-state index is 13.1. The predicted octanol–water partition coefficient (Wildman–Crippen LogP) is 3.67. The average molecular weight is 401 g/mol. The Bertz CT molecular complexity index is 944. The second-order valence-corrected chi connectivity index (χ2v) is 7.85. The van der Waals surface area contributed by atoms with Crippen LogP contribution in [0.15, 0.2) is 73.3 Å². The SMILES string of the molecule is CCN1CCN(Cc2ccncc2)C[C@@H](Cc2ccc(-c3cccnc3)cc2)C1=O. The summed E-state index contributed by atoms with van der Waals surface area (Å²) in [6, 6.07) is 16.7. The number of carbonyl (C=O) groups is 1. The minimum absolute atomic E-state index is 0.0291. The molecule has 1 aliphatic rings. The van der Waals surface area contributed by atoms with E-state index in [1.807, 2.05) is 29.6 Å². The molecule has 1 atom stereocenters. The minimum Gasteiger partial charge on any atom is -0.341 e. The van der Waals surface area contributed by atoms with Gasteiger partial charge in [-0.1, -0.05) is 30.3 Å². The minimum atomic E-state index is -0.0291. The van der Waals surface area contributed by atoms with Crippen LogP contribution in [0.5, 0.6) is 0 Å². The van der Waals surface area contributed by atoms with E-state index in [9.17, 15) is 4.79 Å². The van der Waals surface area contributed by atoms with Crippen LogP contribution in [-0.4, -0.2) is 51.9 Å². The Morgan fingerprint density at radius 1 is 0.900 bits per heavy atom. The molecule has 0 bridgehead atoms. The van der Waals surface area contributed by atoms with Crippen molar-refractivity contribution in [1.29, 1.82) is 0 Å². The normalized spacial score (nSPS) is 17.7. The third-order valence-corrected chi connectivity index (χ3v) is 5.79. The Morgan fingerprint density at radius 2 is 1.70 bits per heavy atom. The lowest BCUT2D eigenvalue weighted by molar-refractivity contribution is -0.134. The predicted molar refractivity (Wildman–Crippen MR) is 119 cm³/mol. The first kappa shape index (κ1) is 20.2. The van der Waals surface area contributed by atoms with Crippen LogP contribution in [0.3, 0.4) is 0 Å². The number of carbonyl (C=O) groups excluding carboxylic acids is 1. The van der Waals surface area contributed by atoms with Crippen LogP contribution in [0.4, 0.5) is 0 Å². The summed E-state index contributed by atoms with van der Waals surface area (Å²) in [5.74, 6) is 0.240. The summed E-state index contributed by atoms with van der Waals surface area (Å²) in [5, 5.41) is 0. The molecule has 1 aromatic carbocycles. The monoisotopic (exact) mass is 400 g/mol. The highest BCUT2D eigenvalue weighted by molar-refractivity contribution is 5.79. The number of aromatic nitrogens is 2. The van der Waals surface area contributed by atoms with Gasteiger partial charge in [0.2, 0.25) is 5.91 Å². The van der Waals surface area contributed by atoms with Crippen molar-refractivity contribution in [3.63, 3.8) is 0 Å². The van der Waals surface area contributed by atoms with Gasteiger partial charge in [-0.2, -0.15) is 0 Å². The highest BCUT2D eigenvalue weighted by Gasteiger charge is 2.29. The molecule has 154 valence electrons. The molecule has 5 nitrogen and oxygen atoms in total. The van der Waals surface area contributed by atoms with Crippen molar-refractivity contribution in [2.75, 3.05) is 26.2 Å². The van der Waals surface area contributed by atoms with Gasteiger partial charge in [-0.15, -0.1) is 0 Å². The van der Waals surface area contributed by atoms with Gasteiger partial charge in [0.15, 0.2) is 0 Å². The summed E-state index contributed by atoms with van der Waals surface area (Å²) in [6.45, 7) is 6.15. The molecule has 0 spiro atoms. The number of hydrogen-bond acceptors (Lipinski definition) is 4. The maximum Gasteiger partial charge on any atom is 0.227 e. The van der Waals surface area contributed by atoms with Gasteiger partial charge in [-0.3, -0.25) is 19.7 Å². The first-order valence-corrected chi connectivity index (χ1v) is 10.6. The van der Waals surface area contributed by atoms with E-state index in [0.29, 0.717) is 0 Å². The number of amides is 1. The number of likely N-dealkylation sites (N-methyl/N-ethyl adjacent to an activating group) is 1. The smallest absolute Gasteiger partial charge is 0.227 e. The second kappa shape index (κ2) is 9.63. The number of rotatable bonds is 6. The fourth-order valence-electron chi connectivity index (χ4n) is 4.12. The van der Waals surface area contributed by atoms with E-state index in [1.165, 1.54) is 11.1 Å². The van der Waals surface area contributed by atoms with Crippen molar-refractivity contribution >= 4 is 5.91 Å². The van der Waals surface area contributed by atoms with Crippen LogP contribution in [0.2, 0.25) is 0 Å². The molecule has 4 rings (SSSR count). The Balaban J connectivity index is 1.49. The molecule has 30 heavy (non-hydrogen) atoms. The number of pyridine rings is 2. The molecule has 0 saturated carbocycles. The fourth-order valence-corrected chi connectivity index (χ4v) is 4.12. The first-order chi connectivity index (χ1) is 14.7. The molecule has 1 amide bonds. The Morgan fingerprint density at radius 3 is 2.40 bits per heavy atom. The van der Waals surface area contributed by atoms with Gasteiger partial charge in [-0.05, 0) is 53.8 Å². The summed E-state index contributed by atoms with van der Waals surface area (Å²) in [4.78, 5) is 25.9. The van der Waals surface area contributed by atoms with E-state index in [2.05, 4.69) is 64.3 Å². The topological polar surface area (TPSA) is 49.3 Å². The molecule has 3 aromatic rings. The van der Waals surface area contributed by atoms with E-state index in [1.54, 1.807) is 6.20 Å². The van der Waals surface area contributed by atoms with E-state index in [-0.39, 0.29) is 11.8 Å². The van der Waals surface area contributed by atoms with Gasteiger partial charge < -0.3 is 4.90 Å². The number of nitrogens with zero attached hydrogens (tertiary/aromatic N) is 4. The van der Waals surface area contributed by atoms with E-state index >= 15 is 0 Å². The zero-order valence-corrected chi connectivity index (χ0v) is 17.4. The lowest BCUT2D eigenvalue weighted by Crippen LogP contribution is -2.37. The largest absolute Gasteiger partial charge is 0.341 e. The molecule has 1 aliphatic heterocycles. The molecule has 1 fully saturated rings. The standard InChI is InChI=1S/C25H28N4O/c1-2-29-15-14-28(18-21-9-12-26-13-10-21)19-24(25(29)30)16-20-5-7-22(8-6-20)23-4-3-11-27-17-23/h3-13,17,24H,2,14-16,18-19H2,1H3/t24-/m1/s1. The van der Waals surface area contributed by atoms with Crippen molar-refractivity contribution in [2.45, 2.75) is 19.9 Å². The molecule has 0 radical (unpaired) electrons. The summed E-state index contributed by atoms with van der Waals surface area (Å²) in [6.07, 6.45) is 8.08. The molecule has 1 saturated heterocycles. The van der Waals surface area contributed by atoms with Crippen molar-refractivity contribution in [1.82, 2.24) is 19.8 Å². The van der Waals surface area contributed by atoms with E-state index in [0.717, 1.165) is 50.3 Å². The van der Waals surface area contributed by atoms with Crippen LogP contribution >= 0.6 is 0 Å². The lowest BCUT2D eigenvalue weighted by Gasteiger charge is -2.23. The number of hydrogen-bond donors (Lipinski definition) is 0. The van der Waals surface area contributed by atoms with Crippen molar-refractivity contribution in [3.8, 4) is 11.1 Å². The second-order valence-electron chi connectivity index (χ2n) is 7.85. The zero-order chi connectivity index (χ0) is 20.8. The summed E-state index contributed by atoms with van der Waals surface area (Å²) in [5.41, 5.74) is 4.69. The quantitative estimate of drug-likeness (QED) is 0.634. The first-order valence-electron chi connectivity index (χ1n) is 10.6. The average Bonchev–Trinajstić information content (AvgIpc) is 2.94. The highest BCUT2D eigenvalue weighted by atomic mass is 16.2. The Kier molecular flexibility index (Phi) is 6.50. The maximum atomic E-state index is 13.1. The van der Waals surface area contributed by atoms with Gasteiger partial charge in [0.25, 0.3) is 0 Å². The van der Waals surface area contributed by atoms with Crippen LogP contribution in [0.1, 0.15) is 18.1 Å². The summed E-state index contributed by atoms with van der Waals surface area (Å²) < 4.78 is 0. The van der Waals surface area contributed by atoms with Crippen molar-refractivity contribution < 1.29 is 4.79 Å². The van der Waals surface area contributed by atoms with Gasteiger partial charge in [0, 0.05) is 57.5 Å². The third kappa shape index (κ3) is 4.92. The molecule has 0 N–H and O–H groups in total. The van der Waals surface area contributed by atoms with Crippen LogP contribution < -0.4 is 0 Å². The van der Waals surface area contributed by atoms with Crippen LogP contribution in [0.25, 0.3) is 11.1 Å². The van der Waals surface area contributed by atoms with Gasteiger partial charge in [0.1, 0.15) is 0 Å². The van der Waals surface area contributed by atoms with Gasteiger partial charge >= 0.3 is 0 Å². The highest BCUT2D eigenvalue weighted by Crippen LogP contribution is 2.22. The molecule has 0 aliphatic carbocycles. The third-order valence-electron chi connectivity index (χ3n) is 5.79. The fraction of sp³-hybridized carbons (Fsp3) is 0.320. The Hall–Kier alpha value is -3.05.